The summed E-state index contributed by atoms with van der Waals surface area (Å²) in [7, 11) is 0. The number of rotatable bonds is 74. The van der Waals surface area contributed by atoms with E-state index in [0.717, 1.165) is 38.5 Å². The van der Waals surface area contributed by atoms with E-state index in [2.05, 4.69) is 43.5 Å². The molecule has 0 aliphatic carbocycles. The van der Waals surface area contributed by atoms with Crippen LogP contribution in [0.1, 0.15) is 438 Å². The highest BCUT2D eigenvalue weighted by Gasteiger charge is 2.18. The summed E-state index contributed by atoms with van der Waals surface area (Å²) >= 11 is 0. The second-order valence-electron chi connectivity index (χ2n) is 27.0. The number of unbranched alkanes of at least 4 members (excludes halogenated alkanes) is 59. The van der Waals surface area contributed by atoms with Crippen LogP contribution in [0.4, 0.5) is 0 Å². The van der Waals surface area contributed by atoms with E-state index in [1.807, 2.05) is 6.08 Å². The molecule has 86 heavy (non-hydrogen) atoms. The van der Waals surface area contributed by atoms with Crippen LogP contribution in [0.3, 0.4) is 0 Å². The van der Waals surface area contributed by atoms with E-state index in [-0.39, 0.29) is 18.5 Å². The zero-order valence-electron chi connectivity index (χ0n) is 58.3. The van der Waals surface area contributed by atoms with Gasteiger partial charge in [-0.2, -0.15) is 0 Å². The fourth-order valence-electron chi connectivity index (χ4n) is 12.4. The van der Waals surface area contributed by atoms with Gasteiger partial charge in [-0.15, -0.1) is 0 Å². The molecule has 0 bridgehead atoms. The molecule has 0 aliphatic heterocycles. The van der Waals surface area contributed by atoms with Crippen LogP contribution in [0.25, 0.3) is 0 Å². The van der Waals surface area contributed by atoms with Crippen molar-refractivity contribution >= 4 is 11.9 Å². The number of esters is 1. The first-order valence-electron chi connectivity index (χ1n) is 39.3. The number of carbonyl (C=O) groups excluding carboxylic acids is 2. The van der Waals surface area contributed by atoms with E-state index in [1.54, 1.807) is 6.08 Å². The number of allylic oxidation sites excluding steroid dienone is 5. The van der Waals surface area contributed by atoms with Gasteiger partial charge in [0.25, 0.3) is 0 Å². The van der Waals surface area contributed by atoms with Gasteiger partial charge < -0.3 is 20.3 Å². The minimum atomic E-state index is -0.841. The van der Waals surface area contributed by atoms with E-state index in [9.17, 15) is 19.8 Å². The summed E-state index contributed by atoms with van der Waals surface area (Å²) in [6.07, 6.45) is 98.5. The molecule has 0 saturated heterocycles. The minimum absolute atomic E-state index is 0.0190. The van der Waals surface area contributed by atoms with Crippen LogP contribution in [0.2, 0.25) is 0 Å². The Hall–Kier alpha value is -1.92. The molecule has 0 saturated carbocycles. The first-order valence-corrected chi connectivity index (χ1v) is 39.3. The van der Waals surface area contributed by atoms with Crippen LogP contribution in [0, 0.1) is 0 Å². The van der Waals surface area contributed by atoms with Gasteiger partial charge in [-0.3, -0.25) is 9.59 Å². The van der Waals surface area contributed by atoms with Gasteiger partial charge in [-0.25, -0.2) is 0 Å². The van der Waals surface area contributed by atoms with Crippen molar-refractivity contribution in [1.82, 2.24) is 5.32 Å². The number of hydrogen-bond acceptors (Lipinski definition) is 5. The maximum absolute atomic E-state index is 12.5. The molecule has 508 valence electrons. The average molecular weight is 1210 g/mol. The van der Waals surface area contributed by atoms with Crippen LogP contribution in [0.15, 0.2) is 36.5 Å². The highest BCUT2D eigenvalue weighted by molar-refractivity contribution is 5.76. The maximum atomic E-state index is 12.5. The van der Waals surface area contributed by atoms with Crippen molar-refractivity contribution in [3.05, 3.63) is 36.5 Å². The fraction of sp³-hybridized carbons (Fsp3) is 0.900. The summed E-state index contributed by atoms with van der Waals surface area (Å²) in [5, 5.41) is 23.2. The molecule has 0 spiro atoms. The summed E-state index contributed by atoms with van der Waals surface area (Å²) < 4.78 is 5.51. The first kappa shape index (κ1) is 84.1. The molecule has 0 aromatic heterocycles. The summed E-state index contributed by atoms with van der Waals surface area (Å²) in [6, 6.07) is -0.624. The van der Waals surface area contributed by atoms with Gasteiger partial charge in [0.05, 0.1) is 25.4 Å². The van der Waals surface area contributed by atoms with E-state index in [1.165, 1.54) is 372 Å². The topological polar surface area (TPSA) is 95.9 Å². The van der Waals surface area contributed by atoms with Crippen LogP contribution in [-0.4, -0.2) is 47.4 Å². The van der Waals surface area contributed by atoms with Gasteiger partial charge in [0, 0.05) is 12.8 Å². The van der Waals surface area contributed by atoms with Gasteiger partial charge in [-0.05, 0) is 83.5 Å². The molecule has 0 radical (unpaired) electrons. The molecular weight excluding hydrogens is 1050 g/mol. The summed E-state index contributed by atoms with van der Waals surface area (Å²) in [5.74, 6) is -0.0428. The quantitative estimate of drug-likeness (QED) is 0.0320. The molecule has 2 atom stereocenters. The van der Waals surface area contributed by atoms with Crippen molar-refractivity contribution in [3.8, 4) is 0 Å². The van der Waals surface area contributed by atoms with Gasteiger partial charge in [0.1, 0.15) is 0 Å². The molecule has 0 rings (SSSR count). The summed E-state index contributed by atoms with van der Waals surface area (Å²) in [6.45, 7) is 4.94. The zero-order chi connectivity index (χ0) is 62.0. The van der Waals surface area contributed by atoms with Crippen molar-refractivity contribution in [2.24, 2.45) is 0 Å². The zero-order valence-corrected chi connectivity index (χ0v) is 58.3. The fourth-order valence-corrected chi connectivity index (χ4v) is 12.4. The number of aliphatic hydroxyl groups is 2. The maximum Gasteiger partial charge on any atom is 0.305 e. The second kappa shape index (κ2) is 75.5. The second-order valence-corrected chi connectivity index (χ2v) is 27.0. The van der Waals surface area contributed by atoms with Crippen molar-refractivity contribution in [1.29, 1.82) is 0 Å². The molecule has 0 aromatic carbocycles. The highest BCUT2D eigenvalue weighted by Crippen LogP contribution is 2.19. The van der Waals surface area contributed by atoms with Crippen molar-refractivity contribution in [2.75, 3.05) is 13.2 Å². The summed E-state index contributed by atoms with van der Waals surface area (Å²) in [5.41, 5.74) is 0. The molecule has 0 heterocycles. The molecule has 0 fully saturated rings. The summed E-state index contributed by atoms with van der Waals surface area (Å²) in [4.78, 5) is 24.6. The Morgan fingerprint density at radius 1 is 0.314 bits per heavy atom. The van der Waals surface area contributed by atoms with Crippen molar-refractivity contribution in [2.45, 2.75) is 450 Å². The molecule has 6 heteroatoms. The number of carbonyl (C=O) groups is 2. The molecular formula is C80H153NO5. The van der Waals surface area contributed by atoms with Crippen LogP contribution < -0.4 is 5.32 Å². The lowest BCUT2D eigenvalue weighted by atomic mass is 10.0. The lowest BCUT2D eigenvalue weighted by Crippen LogP contribution is -2.45. The van der Waals surface area contributed by atoms with Crippen molar-refractivity contribution in [3.63, 3.8) is 0 Å². The average Bonchev–Trinajstić information content (AvgIpc) is 3.51. The largest absolute Gasteiger partial charge is 0.466 e. The molecule has 2 unspecified atom stereocenters. The standard InChI is InChI=1S/C80H153NO5/c1-3-5-7-9-11-13-15-17-19-20-43-46-50-54-58-62-66-70-74-80(85)86-75-71-67-63-59-55-51-47-44-41-39-37-35-33-31-29-27-25-23-21-22-24-26-28-30-32-34-36-38-40-42-45-49-53-57-61-65-69-73-79(84)81-77(76-82)78(83)72-68-64-60-56-52-48-18-16-14-12-10-8-6-4-2/h19-21,23,68,72,77-78,82-83H,3-18,22,24-67,69-71,73-76H2,1-2H3,(H,81,84)/b20-19-,23-21-,72-68+. The lowest BCUT2D eigenvalue weighted by molar-refractivity contribution is -0.143. The Kier molecular flexibility index (Phi) is 73.9. The Morgan fingerprint density at radius 2 is 0.547 bits per heavy atom. The number of nitrogens with one attached hydrogen (secondary N) is 1. The van der Waals surface area contributed by atoms with Crippen LogP contribution >= 0.6 is 0 Å². The first-order chi connectivity index (χ1) is 42.5. The van der Waals surface area contributed by atoms with Crippen LogP contribution in [0.5, 0.6) is 0 Å². The Morgan fingerprint density at radius 3 is 0.826 bits per heavy atom. The Balaban J connectivity index is 3.33. The number of aliphatic hydroxyl groups excluding tert-OH is 2. The minimum Gasteiger partial charge on any atom is -0.466 e. The number of amides is 1. The molecule has 3 N–H and O–H groups in total. The Labute approximate surface area is 538 Å². The van der Waals surface area contributed by atoms with E-state index < -0.39 is 12.1 Å². The predicted octanol–water partition coefficient (Wildman–Crippen LogP) is 25.8. The van der Waals surface area contributed by atoms with Gasteiger partial charge in [0.15, 0.2) is 0 Å². The number of ether oxygens (including phenoxy) is 1. The molecule has 6 nitrogen and oxygen atoms in total. The SMILES string of the molecule is CCCCCCCCC/C=C\CCCCCCCCCC(=O)OCCCCCCCCCCCCCCCCCC/C=C\CCCCCCCCCCCCCCCCCCCC(=O)NC(CO)C(O)/C=C/CCCCCCCCCCCCCC. The van der Waals surface area contributed by atoms with E-state index in [4.69, 9.17) is 4.74 Å². The van der Waals surface area contributed by atoms with Gasteiger partial charge in [-0.1, -0.05) is 378 Å². The van der Waals surface area contributed by atoms with E-state index in [0.29, 0.717) is 19.4 Å². The highest BCUT2D eigenvalue weighted by atomic mass is 16.5. The molecule has 0 aromatic rings. The lowest BCUT2D eigenvalue weighted by Gasteiger charge is -2.20. The number of hydrogen-bond donors (Lipinski definition) is 3. The Bertz CT molecular complexity index is 1390. The monoisotopic (exact) mass is 1210 g/mol. The molecule has 1 amide bonds. The van der Waals surface area contributed by atoms with Crippen molar-refractivity contribution < 1.29 is 24.5 Å². The van der Waals surface area contributed by atoms with Crippen LogP contribution in [-0.2, 0) is 14.3 Å². The third-order valence-electron chi connectivity index (χ3n) is 18.4. The molecule has 0 aliphatic rings. The smallest absolute Gasteiger partial charge is 0.305 e. The van der Waals surface area contributed by atoms with Gasteiger partial charge in [0.2, 0.25) is 5.91 Å². The third kappa shape index (κ3) is 71.2. The van der Waals surface area contributed by atoms with E-state index >= 15 is 0 Å². The predicted molar refractivity (Wildman–Crippen MR) is 379 cm³/mol. The third-order valence-corrected chi connectivity index (χ3v) is 18.4. The normalized spacial score (nSPS) is 12.7. The van der Waals surface area contributed by atoms with Gasteiger partial charge >= 0.3 is 5.97 Å².